The van der Waals surface area contributed by atoms with Gasteiger partial charge in [0.25, 0.3) is 0 Å². The Bertz CT molecular complexity index is 50.1. The Kier molecular flexibility index (Phi) is 2.64. The third kappa shape index (κ3) is 6.27. The second-order valence-corrected chi connectivity index (χ2v) is 2.83. The number of nitrogens with one attached hydrogen (secondary N) is 1. The van der Waals surface area contributed by atoms with Crippen LogP contribution in [-0.2, 0) is 0 Å². The van der Waals surface area contributed by atoms with Crippen molar-refractivity contribution in [3.05, 3.63) is 0 Å². The molecular weight excluding hydrogens is 110 g/mol. The molecule has 0 saturated heterocycles. The Hall–Kier alpha value is 0.270. The molecule has 0 heterocycles. The molecule has 0 aliphatic heterocycles. The van der Waals surface area contributed by atoms with E-state index in [9.17, 15) is 0 Å². The minimum atomic E-state index is 0.0133. The molecule has 0 bridgehead atoms. The molecule has 2 N–H and O–H groups in total. The highest BCUT2D eigenvalue weighted by molar-refractivity contribution is 7.91. The summed E-state index contributed by atoms with van der Waals surface area (Å²) in [4.78, 5) is 0. The fraction of sp³-hybridized carbons (Fsp3) is 1.00. The van der Waals surface area contributed by atoms with Crippen molar-refractivity contribution in [1.29, 1.82) is 0 Å². The van der Waals surface area contributed by atoms with Crippen LogP contribution in [0.1, 0.15) is 20.8 Å². The van der Waals surface area contributed by atoms with Crippen LogP contribution >= 0.6 is 12.2 Å². The minimum Gasteiger partial charge on any atom is -0.317 e. The Morgan fingerprint density at radius 1 is 1.43 bits per heavy atom. The Morgan fingerprint density at radius 2 is 1.86 bits per heavy atom. The summed E-state index contributed by atoms with van der Waals surface area (Å²) in [5.41, 5.74) is 0.0133. The summed E-state index contributed by atoms with van der Waals surface area (Å²) in [6.07, 6.45) is 0. The largest absolute Gasteiger partial charge is 0.317 e. The first-order valence-electron chi connectivity index (χ1n) is 2.14. The molecule has 0 unspecified atom stereocenters. The lowest BCUT2D eigenvalue weighted by Gasteiger charge is -2.15. The molecule has 0 aliphatic rings. The molecule has 0 atom stereocenters. The Morgan fingerprint density at radius 3 is 1.86 bits per heavy atom. The number of rotatable bonds is 1. The maximum absolute atomic E-state index is 8.21. The van der Waals surface area contributed by atoms with E-state index in [1.165, 1.54) is 0 Å². The van der Waals surface area contributed by atoms with Crippen molar-refractivity contribution in [2.45, 2.75) is 26.3 Å². The molecular formula is C4H11NOS. The van der Waals surface area contributed by atoms with Crippen molar-refractivity contribution in [3.8, 4) is 0 Å². The number of hydrogen-bond acceptors (Lipinski definition) is 3. The van der Waals surface area contributed by atoms with Crippen LogP contribution in [0.4, 0.5) is 0 Å². The fourth-order valence-corrected chi connectivity index (χ4v) is 0.411. The van der Waals surface area contributed by atoms with Crippen molar-refractivity contribution in [2.75, 3.05) is 0 Å². The van der Waals surface area contributed by atoms with Crippen LogP contribution in [0.3, 0.4) is 0 Å². The van der Waals surface area contributed by atoms with E-state index in [-0.39, 0.29) is 5.54 Å². The zero-order chi connectivity index (χ0) is 5.91. The van der Waals surface area contributed by atoms with Gasteiger partial charge < -0.3 is 4.55 Å². The molecule has 0 radical (unpaired) electrons. The van der Waals surface area contributed by atoms with Crippen molar-refractivity contribution < 1.29 is 4.55 Å². The molecule has 0 saturated carbocycles. The van der Waals surface area contributed by atoms with Gasteiger partial charge in [-0.05, 0) is 20.8 Å². The van der Waals surface area contributed by atoms with E-state index in [0.29, 0.717) is 12.2 Å². The van der Waals surface area contributed by atoms with Gasteiger partial charge in [-0.2, -0.15) is 0 Å². The van der Waals surface area contributed by atoms with Gasteiger partial charge in [0.05, 0.1) is 12.2 Å². The maximum atomic E-state index is 8.21. The molecule has 7 heavy (non-hydrogen) atoms. The van der Waals surface area contributed by atoms with E-state index in [1.807, 2.05) is 20.8 Å². The third-order valence-corrected chi connectivity index (χ3v) is 1.06. The maximum Gasteiger partial charge on any atom is 0.0765 e. The van der Waals surface area contributed by atoms with Crippen LogP contribution in [0.5, 0.6) is 0 Å². The van der Waals surface area contributed by atoms with Gasteiger partial charge >= 0.3 is 0 Å². The molecule has 0 aromatic carbocycles. The van der Waals surface area contributed by atoms with Gasteiger partial charge in [0, 0.05) is 5.54 Å². The summed E-state index contributed by atoms with van der Waals surface area (Å²) in [5, 5.41) is 0. The molecule has 0 aromatic heterocycles. The summed E-state index contributed by atoms with van der Waals surface area (Å²) in [7, 11) is 0. The highest BCUT2D eigenvalue weighted by atomic mass is 32.2. The van der Waals surface area contributed by atoms with Gasteiger partial charge in [-0.1, -0.05) is 0 Å². The second kappa shape index (κ2) is 2.55. The second-order valence-electron chi connectivity index (χ2n) is 2.44. The predicted molar refractivity (Wildman–Crippen MR) is 33.1 cm³/mol. The Balaban J connectivity index is 3.15. The molecule has 0 aromatic rings. The Labute approximate surface area is 48.6 Å². The first-order chi connectivity index (χ1) is 3.06. The van der Waals surface area contributed by atoms with Gasteiger partial charge in [0.15, 0.2) is 0 Å². The van der Waals surface area contributed by atoms with E-state index in [1.54, 1.807) is 0 Å². The molecule has 2 nitrogen and oxygen atoms in total. The molecule has 44 valence electrons. The van der Waals surface area contributed by atoms with Gasteiger partial charge in [0.2, 0.25) is 0 Å². The van der Waals surface area contributed by atoms with Crippen LogP contribution in [-0.4, -0.2) is 10.1 Å². The fourth-order valence-electron chi connectivity index (χ4n) is 0.137. The molecule has 0 spiro atoms. The van der Waals surface area contributed by atoms with E-state index in [2.05, 4.69) is 4.72 Å². The van der Waals surface area contributed by atoms with Crippen molar-refractivity contribution >= 4 is 12.2 Å². The first kappa shape index (κ1) is 7.27. The quantitative estimate of drug-likeness (QED) is 0.407. The zero-order valence-electron chi connectivity index (χ0n) is 4.86. The van der Waals surface area contributed by atoms with E-state index < -0.39 is 0 Å². The summed E-state index contributed by atoms with van der Waals surface area (Å²) in [6, 6.07) is 0. The van der Waals surface area contributed by atoms with E-state index >= 15 is 0 Å². The van der Waals surface area contributed by atoms with Crippen LogP contribution in [0.25, 0.3) is 0 Å². The summed E-state index contributed by atoms with van der Waals surface area (Å²) in [5.74, 6) is 0. The zero-order valence-corrected chi connectivity index (χ0v) is 5.67. The first-order valence-corrected chi connectivity index (χ1v) is 2.91. The van der Waals surface area contributed by atoms with Crippen molar-refractivity contribution in [1.82, 2.24) is 4.72 Å². The van der Waals surface area contributed by atoms with Crippen LogP contribution in [0, 0.1) is 0 Å². The standard InChI is InChI=1S/C4H11NOS/c1-4(2,3)5-7-6/h5-6H,1-3H3. The highest BCUT2D eigenvalue weighted by Gasteiger charge is 2.06. The monoisotopic (exact) mass is 121 g/mol. The van der Waals surface area contributed by atoms with Gasteiger partial charge in [-0.15, -0.1) is 0 Å². The lowest BCUT2D eigenvalue weighted by molar-refractivity contribution is 0.514. The molecule has 0 rings (SSSR count). The SMILES string of the molecule is CC(C)(C)NSO. The number of hydrogen-bond donors (Lipinski definition) is 2. The minimum absolute atomic E-state index is 0.0133. The smallest absolute Gasteiger partial charge is 0.0765 e. The van der Waals surface area contributed by atoms with Gasteiger partial charge in [0.1, 0.15) is 0 Å². The predicted octanol–water partition coefficient (Wildman–Crippen LogP) is 1.50. The molecule has 3 heteroatoms. The van der Waals surface area contributed by atoms with Crippen LogP contribution in [0.15, 0.2) is 0 Å². The summed E-state index contributed by atoms with van der Waals surface area (Å²) in [6.45, 7) is 5.95. The van der Waals surface area contributed by atoms with Crippen molar-refractivity contribution in [2.24, 2.45) is 0 Å². The lowest BCUT2D eigenvalue weighted by Crippen LogP contribution is -2.29. The average molecular weight is 121 g/mol. The third-order valence-electron chi connectivity index (χ3n) is 0.352. The molecule has 0 amide bonds. The highest BCUT2D eigenvalue weighted by Crippen LogP contribution is 2.01. The molecule has 0 fully saturated rings. The summed E-state index contributed by atoms with van der Waals surface area (Å²) < 4.78 is 11.0. The topological polar surface area (TPSA) is 32.3 Å². The van der Waals surface area contributed by atoms with Crippen molar-refractivity contribution in [3.63, 3.8) is 0 Å². The van der Waals surface area contributed by atoms with E-state index in [4.69, 9.17) is 4.55 Å². The van der Waals surface area contributed by atoms with Gasteiger partial charge in [-0.25, -0.2) is 4.72 Å². The van der Waals surface area contributed by atoms with Gasteiger partial charge in [-0.3, -0.25) is 0 Å². The average Bonchev–Trinajstić information content (AvgIpc) is 1.30. The summed E-state index contributed by atoms with van der Waals surface area (Å²) >= 11 is 0.659. The van der Waals surface area contributed by atoms with Crippen LogP contribution in [0.2, 0.25) is 0 Å². The lowest BCUT2D eigenvalue weighted by atomic mass is 10.1. The normalized spacial score (nSPS) is 12.0. The van der Waals surface area contributed by atoms with E-state index in [0.717, 1.165) is 0 Å². The van der Waals surface area contributed by atoms with Crippen LogP contribution < -0.4 is 4.72 Å². The molecule has 0 aliphatic carbocycles.